The van der Waals surface area contributed by atoms with Gasteiger partial charge >= 0.3 is 0 Å². The first-order chi connectivity index (χ1) is 13.7. The summed E-state index contributed by atoms with van der Waals surface area (Å²) in [5.74, 6) is -1.42. The normalized spacial score (nSPS) is 12.1. The number of nitrogens with one attached hydrogen (secondary N) is 2. The molecule has 154 valence electrons. The van der Waals surface area contributed by atoms with Crippen LogP contribution in [-0.4, -0.2) is 29.3 Å². The van der Waals surface area contributed by atoms with E-state index in [4.69, 9.17) is 11.5 Å². The monoisotopic (exact) mass is 396 g/mol. The van der Waals surface area contributed by atoms with Crippen LogP contribution in [0.5, 0.6) is 0 Å². The number of hydrogen-bond acceptors (Lipinski definition) is 4. The number of nitrogens with two attached hydrogens (primary N) is 2. The van der Waals surface area contributed by atoms with Crippen molar-refractivity contribution in [3.05, 3.63) is 71.3 Å². The minimum Gasteiger partial charge on any atom is -0.368 e. The van der Waals surface area contributed by atoms with Gasteiger partial charge < -0.3 is 22.1 Å². The van der Waals surface area contributed by atoms with Gasteiger partial charge in [0.1, 0.15) is 11.6 Å². The van der Waals surface area contributed by atoms with Crippen molar-refractivity contribution in [3.63, 3.8) is 0 Å². The zero-order valence-electron chi connectivity index (χ0n) is 16.8. The Morgan fingerprint density at radius 2 is 1.52 bits per heavy atom. The Hall–Kier alpha value is -3.19. The summed E-state index contributed by atoms with van der Waals surface area (Å²) in [5, 5.41) is 5.40. The summed E-state index contributed by atoms with van der Waals surface area (Å²) in [5.41, 5.74) is 12.4. The van der Waals surface area contributed by atoms with Gasteiger partial charge in [-0.25, -0.2) is 0 Å². The third-order valence-corrected chi connectivity index (χ3v) is 4.61. The highest BCUT2D eigenvalue weighted by Gasteiger charge is 2.31. The SMILES string of the molecule is CC(C)(NC(=O)[C@@H](Cc1ccc(CN)cc1)NC(=O)Cc1ccccc1)C(N)=O. The van der Waals surface area contributed by atoms with E-state index in [9.17, 15) is 14.4 Å². The highest BCUT2D eigenvalue weighted by molar-refractivity contribution is 5.93. The van der Waals surface area contributed by atoms with Gasteiger partial charge in [-0.05, 0) is 30.5 Å². The molecule has 0 aliphatic carbocycles. The molecule has 0 heterocycles. The molecule has 3 amide bonds. The Morgan fingerprint density at radius 1 is 0.931 bits per heavy atom. The van der Waals surface area contributed by atoms with Gasteiger partial charge in [-0.1, -0.05) is 54.6 Å². The molecule has 6 N–H and O–H groups in total. The molecule has 2 rings (SSSR count). The van der Waals surface area contributed by atoms with Gasteiger partial charge in [0.2, 0.25) is 17.7 Å². The lowest BCUT2D eigenvalue weighted by Gasteiger charge is -2.26. The summed E-state index contributed by atoms with van der Waals surface area (Å²) in [6.45, 7) is 3.46. The highest BCUT2D eigenvalue weighted by Crippen LogP contribution is 2.09. The van der Waals surface area contributed by atoms with Gasteiger partial charge in [0.05, 0.1) is 6.42 Å². The Bertz CT molecular complexity index is 848. The molecule has 0 aliphatic heterocycles. The summed E-state index contributed by atoms with van der Waals surface area (Å²) in [6, 6.07) is 15.9. The van der Waals surface area contributed by atoms with Crippen molar-refractivity contribution < 1.29 is 14.4 Å². The fraction of sp³-hybridized carbons (Fsp3) is 0.318. The quantitative estimate of drug-likeness (QED) is 0.500. The van der Waals surface area contributed by atoms with Crippen molar-refractivity contribution in [2.45, 2.75) is 44.8 Å². The van der Waals surface area contributed by atoms with Crippen molar-refractivity contribution in [2.75, 3.05) is 0 Å². The number of amides is 3. The first kappa shape index (κ1) is 22.1. The van der Waals surface area contributed by atoms with Gasteiger partial charge in [0, 0.05) is 13.0 Å². The minimum absolute atomic E-state index is 0.149. The second-order valence-corrected chi connectivity index (χ2v) is 7.49. The molecule has 0 unspecified atom stereocenters. The van der Waals surface area contributed by atoms with E-state index in [1.54, 1.807) is 0 Å². The zero-order valence-corrected chi connectivity index (χ0v) is 16.8. The lowest BCUT2D eigenvalue weighted by molar-refractivity contribution is -0.133. The van der Waals surface area contributed by atoms with Crippen LogP contribution in [0.4, 0.5) is 0 Å². The molecule has 0 saturated heterocycles. The van der Waals surface area contributed by atoms with E-state index in [1.807, 2.05) is 54.6 Å². The number of hydrogen-bond donors (Lipinski definition) is 4. The third kappa shape index (κ3) is 6.73. The van der Waals surface area contributed by atoms with Crippen molar-refractivity contribution >= 4 is 17.7 Å². The summed E-state index contributed by atoms with van der Waals surface area (Å²) < 4.78 is 0. The molecule has 2 aromatic carbocycles. The van der Waals surface area contributed by atoms with Gasteiger partial charge in [0.15, 0.2) is 0 Å². The molecule has 0 bridgehead atoms. The van der Waals surface area contributed by atoms with Crippen molar-refractivity contribution in [1.29, 1.82) is 0 Å². The smallest absolute Gasteiger partial charge is 0.243 e. The standard InChI is InChI=1S/C22H28N4O3/c1-22(2,21(24)29)26-20(28)18(12-16-8-10-17(14-23)11-9-16)25-19(27)13-15-6-4-3-5-7-15/h3-11,18H,12-14,23H2,1-2H3,(H2,24,29)(H,25,27)(H,26,28)/t18-/m1/s1. The fourth-order valence-electron chi connectivity index (χ4n) is 2.74. The second-order valence-electron chi connectivity index (χ2n) is 7.49. The fourth-order valence-corrected chi connectivity index (χ4v) is 2.74. The van der Waals surface area contributed by atoms with E-state index >= 15 is 0 Å². The summed E-state index contributed by atoms with van der Waals surface area (Å²) >= 11 is 0. The number of carbonyl (C=O) groups is 3. The number of benzene rings is 2. The van der Waals surface area contributed by atoms with Crippen LogP contribution in [0, 0.1) is 0 Å². The number of primary amides is 1. The van der Waals surface area contributed by atoms with Crippen molar-refractivity contribution in [3.8, 4) is 0 Å². The molecule has 0 aliphatic rings. The van der Waals surface area contributed by atoms with Crippen LogP contribution < -0.4 is 22.1 Å². The van der Waals surface area contributed by atoms with Crippen molar-refractivity contribution in [1.82, 2.24) is 10.6 Å². The van der Waals surface area contributed by atoms with Crippen LogP contribution >= 0.6 is 0 Å². The molecule has 1 atom stereocenters. The lowest BCUT2D eigenvalue weighted by atomic mass is 10.00. The maximum Gasteiger partial charge on any atom is 0.243 e. The number of rotatable bonds is 9. The molecule has 0 radical (unpaired) electrons. The van der Waals surface area contributed by atoms with Crippen LogP contribution in [0.3, 0.4) is 0 Å². The van der Waals surface area contributed by atoms with E-state index in [2.05, 4.69) is 10.6 Å². The molecule has 0 aromatic heterocycles. The summed E-state index contributed by atoms with van der Waals surface area (Å²) in [4.78, 5) is 36.9. The average Bonchev–Trinajstić information content (AvgIpc) is 2.68. The summed E-state index contributed by atoms with van der Waals surface area (Å²) in [6.07, 6.45) is 0.419. The Kier molecular flexibility index (Phi) is 7.50. The molecule has 0 saturated carbocycles. The Balaban J connectivity index is 2.15. The van der Waals surface area contributed by atoms with E-state index in [0.717, 1.165) is 16.7 Å². The van der Waals surface area contributed by atoms with E-state index in [-0.39, 0.29) is 18.7 Å². The Morgan fingerprint density at radius 3 is 2.07 bits per heavy atom. The largest absolute Gasteiger partial charge is 0.368 e. The first-order valence-electron chi connectivity index (χ1n) is 9.44. The topological polar surface area (TPSA) is 127 Å². The second kappa shape index (κ2) is 9.84. The van der Waals surface area contributed by atoms with Crippen LogP contribution in [-0.2, 0) is 33.8 Å². The van der Waals surface area contributed by atoms with Crippen LogP contribution in [0.2, 0.25) is 0 Å². The maximum absolute atomic E-state index is 12.8. The maximum atomic E-state index is 12.8. The molecule has 7 nitrogen and oxygen atoms in total. The van der Waals surface area contributed by atoms with Crippen LogP contribution in [0.25, 0.3) is 0 Å². The Labute approximate surface area is 170 Å². The van der Waals surface area contributed by atoms with E-state index in [0.29, 0.717) is 6.54 Å². The summed E-state index contributed by atoms with van der Waals surface area (Å²) in [7, 11) is 0. The molecule has 2 aromatic rings. The van der Waals surface area contributed by atoms with Crippen LogP contribution in [0.1, 0.15) is 30.5 Å². The lowest BCUT2D eigenvalue weighted by Crippen LogP contribution is -2.58. The first-order valence-corrected chi connectivity index (χ1v) is 9.44. The average molecular weight is 396 g/mol. The highest BCUT2D eigenvalue weighted by atomic mass is 16.2. The molecule has 29 heavy (non-hydrogen) atoms. The van der Waals surface area contributed by atoms with Crippen molar-refractivity contribution in [2.24, 2.45) is 11.5 Å². The van der Waals surface area contributed by atoms with Gasteiger partial charge in [0.25, 0.3) is 0 Å². The minimum atomic E-state index is -1.23. The third-order valence-electron chi connectivity index (χ3n) is 4.61. The predicted octanol–water partition coefficient (Wildman–Crippen LogP) is 0.795. The molecule has 0 spiro atoms. The van der Waals surface area contributed by atoms with Gasteiger partial charge in [-0.2, -0.15) is 0 Å². The molecular formula is C22H28N4O3. The van der Waals surface area contributed by atoms with Gasteiger partial charge in [-0.3, -0.25) is 14.4 Å². The molecule has 0 fully saturated rings. The molecular weight excluding hydrogens is 368 g/mol. The molecule has 7 heteroatoms. The predicted molar refractivity (Wildman–Crippen MR) is 112 cm³/mol. The van der Waals surface area contributed by atoms with Crippen LogP contribution in [0.15, 0.2) is 54.6 Å². The number of carbonyl (C=O) groups excluding carboxylic acids is 3. The van der Waals surface area contributed by atoms with Gasteiger partial charge in [-0.15, -0.1) is 0 Å². The van der Waals surface area contributed by atoms with E-state index in [1.165, 1.54) is 13.8 Å². The zero-order chi connectivity index (χ0) is 21.4. The van der Waals surface area contributed by atoms with E-state index < -0.39 is 23.4 Å².